The molecule has 6 aromatic rings. The Kier molecular flexibility index (Phi) is 40.9. The molecule has 0 spiro atoms. The first-order chi connectivity index (χ1) is 38.0. The topological polar surface area (TPSA) is 517 Å². The number of nitrogens with zero attached hydrogens (tertiary/aromatic N) is 8. The van der Waals surface area contributed by atoms with Gasteiger partial charge in [-0.1, -0.05) is 24.3 Å². The second-order valence-electron chi connectivity index (χ2n) is 15.2. The van der Waals surface area contributed by atoms with E-state index in [1.165, 1.54) is 52.3 Å². The summed E-state index contributed by atoms with van der Waals surface area (Å²) in [6.45, 7) is -2.47. The Hall–Kier alpha value is -0.620. The third kappa shape index (κ3) is 26.4. The zero-order chi connectivity index (χ0) is 58.2. The minimum Gasteiger partial charge on any atom is -0.744 e. The molecule has 4 aromatic carbocycles. The van der Waals surface area contributed by atoms with E-state index in [0.29, 0.717) is 24.1 Å². The van der Waals surface area contributed by atoms with Crippen LogP contribution in [0.4, 0.5) is 58.4 Å². The molecule has 2 aromatic heterocycles. The Bertz CT molecular complexity index is 3560. The van der Waals surface area contributed by atoms with E-state index in [-0.39, 0.29) is 265 Å². The Morgan fingerprint density at radius 2 is 0.953 bits per heavy atom. The van der Waals surface area contributed by atoms with Gasteiger partial charge in [-0.25, -0.2) is 29.5 Å². The molecule has 2 heterocycles. The van der Waals surface area contributed by atoms with E-state index < -0.39 is 106 Å². The summed E-state index contributed by atoms with van der Waals surface area (Å²) in [6.07, 6.45) is 2.51. The molecule has 0 aliphatic carbocycles. The average Bonchev–Trinajstić information content (AvgIpc) is 2.99. The summed E-state index contributed by atoms with van der Waals surface area (Å²) in [5.41, 5.74) is -0.749. The number of hydrogen-bond donors (Lipinski definition) is 8. The SMILES string of the molecule is O=S([O-])Oc1ccc(S(=O)(=O)[O-])c(Nc2nc(Nc3ccc(C=Cc4ccc(Nc5nc(Nc6cc(S(=O)(=O)[O-])ccc6SOO[O-])nc(N(CCO)CCO)n5)cc4SOO[O-])c(S(=O)(=O)[O-])c3)nc(N(CCO)CCO)n2)c1.[Na+].[Na+].[Na+].[Na+].[Na+].[Na+]. The van der Waals surface area contributed by atoms with Gasteiger partial charge in [-0.15, -0.1) is 0 Å². The van der Waals surface area contributed by atoms with Gasteiger partial charge < -0.3 is 84.4 Å². The minimum atomic E-state index is -5.33. The summed E-state index contributed by atoms with van der Waals surface area (Å²) in [6, 6.07) is 13.0. The summed E-state index contributed by atoms with van der Waals surface area (Å²) < 4.78 is 146. The Balaban J connectivity index is 0.0000120. The fraction of sp³-hybridized carbons (Fsp3) is 0.200. The number of anilines is 10. The number of aliphatic hydroxyl groups excluding tert-OH is 4. The molecule has 0 radical (unpaired) electrons. The van der Waals surface area contributed by atoms with E-state index in [4.69, 9.17) is 0 Å². The molecular weight excluding hydrogens is 1330 g/mol. The van der Waals surface area contributed by atoms with E-state index in [1.54, 1.807) is 0 Å². The van der Waals surface area contributed by atoms with E-state index in [0.717, 1.165) is 42.5 Å². The van der Waals surface area contributed by atoms with Crippen molar-refractivity contribution < 1.29 is 279 Å². The third-order valence-electron chi connectivity index (χ3n) is 9.96. The summed E-state index contributed by atoms with van der Waals surface area (Å²) >= 11 is -2.43. The Morgan fingerprint density at radius 3 is 1.41 bits per heavy atom. The fourth-order valence-electron chi connectivity index (χ4n) is 6.70. The van der Waals surface area contributed by atoms with Crippen molar-refractivity contribution in [1.82, 2.24) is 29.9 Å². The molecule has 0 bridgehead atoms. The van der Waals surface area contributed by atoms with Crippen LogP contribution in [0.5, 0.6) is 5.75 Å². The predicted molar refractivity (Wildman–Crippen MR) is 270 cm³/mol. The van der Waals surface area contributed by atoms with Crippen LogP contribution in [0.1, 0.15) is 11.1 Å². The minimum absolute atomic E-state index is 0. The van der Waals surface area contributed by atoms with Crippen molar-refractivity contribution in [2.75, 3.05) is 83.7 Å². The van der Waals surface area contributed by atoms with Crippen molar-refractivity contribution in [2.24, 2.45) is 0 Å². The van der Waals surface area contributed by atoms with E-state index >= 15 is 0 Å². The molecule has 86 heavy (non-hydrogen) atoms. The van der Waals surface area contributed by atoms with Crippen LogP contribution < -0.4 is 223 Å². The van der Waals surface area contributed by atoms with Crippen molar-refractivity contribution in [1.29, 1.82) is 0 Å². The molecular formula is C40H38N12Na6O22S6. The zero-order valence-electron chi connectivity index (χ0n) is 45.9. The monoisotopic (exact) mass is 1370 g/mol. The number of hydrogen-bond acceptors (Lipinski definition) is 36. The number of benzene rings is 4. The van der Waals surface area contributed by atoms with E-state index in [2.05, 4.69) is 74.1 Å². The molecule has 0 amide bonds. The van der Waals surface area contributed by atoms with Crippen LogP contribution in [-0.2, 0) is 60.5 Å². The van der Waals surface area contributed by atoms with Crippen LogP contribution in [-0.4, -0.2) is 151 Å². The third-order valence-corrected chi connectivity index (χ3v) is 14.2. The van der Waals surface area contributed by atoms with Crippen LogP contribution in [0.25, 0.3) is 12.2 Å². The quantitative estimate of drug-likeness (QED) is 0.00381. The van der Waals surface area contributed by atoms with Crippen LogP contribution in [0.15, 0.2) is 97.3 Å². The number of nitrogens with one attached hydrogen (secondary N) is 4. The van der Waals surface area contributed by atoms with Gasteiger partial charge in [-0.3, -0.25) is 10.1 Å². The Labute approximate surface area is 633 Å². The fourth-order valence-corrected chi connectivity index (χ4v) is 9.70. The molecule has 1 atom stereocenters. The zero-order valence-corrected chi connectivity index (χ0v) is 62.8. The standard InChI is InChI=1S/C40H44N12O22S6.6Na/c53-15-11-51(12-16-54)39-47-35(45-37(49-39)43-29-22-28(78(61,62)63)8-9-31(29)75-73-71-57)41-25-5-3-23(32(19-25)76-74-72-58)1-2-24-4-6-26(20-34(24)80(67,68)69)42-36-46-38(50-40(48-36)52(13-17-55)14-18-56)44-30-21-27(70-77(59)60)7-10-33(30)79(64,65)66;;;;;;/h1-10,19-22,53-58H,11-18H2,(H,59,60)(H,61,62,63)(H,64,65,66)(H,67,68,69)(H2,41,43,45,47,49)(H2,42,44,46,48,50);;;;;;/q;6*+1/p-6. The molecule has 0 saturated carbocycles. The van der Waals surface area contributed by atoms with Gasteiger partial charge in [0.15, 0.2) is 0 Å². The molecule has 1 unspecified atom stereocenters. The molecule has 0 fully saturated rings. The van der Waals surface area contributed by atoms with Crippen LogP contribution in [0.2, 0.25) is 0 Å². The maximum atomic E-state index is 12.8. The maximum absolute atomic E-state index is 12.8. The molecule has 432 valence electrons. The number of aliphatic hydroxyl groups is 4. The Morgan fingerprint density at radius 1 is 0.512 bits per heavy atom. The first-order valence-electron chi connectivity index (χ1n) is 21.7. The van der Waals surface area contributed by atoms with Gasteiger partial charge in [0.1, 0.15) is 47.5 Å². The molecule has 0 aliphatic rings. The molecule has 34 nitrogen and oxygen atoms in total. The first kappa shape index (κ1) is 85.4. The number of aromatic nitrogens is 6. The van der Waals surface area contributed by atoms with E-state index in [1.807, 2.05) is 0 Å². The van der Waals surface area contributed by atoms with Gasteiger partial charge in [0.2, 0.25) is 35.7 Å². The largest absolute Gasteiger partial charge is 1.00 e. The van der Waals surface area contributed by atoms with Gasteiger partial charge in [0.05, 0.1) is 81.5 Å². The molecule has 0 saturated heterocycles. The van der Waals surface area contributed by atoms with Gasteiger partial charge in [0, 0.05) is 48.5 Å². The van der Waals surface area contributed by atoms with Crippen LogP contribution in [0, 0.1) is 0 Å². The summed E-state index contributed by atoms with van der Waals surface area (Å²) in [7, 11) is -15.6. The summed E-state index contributed by atoms with van der Waals surface area (Å²) in [5, 5.41) is 78.2. The van der Waals surface area contributed by atoms with Gasteiger partial charge in [0.25, 0.3) is 0 Å². The van der Waals surface area contributed by atoms with E-state index in [9.17, 15) is 78.6 Å². The van der Waals surface area contributed by atoms with Crippen molar-refractivity contribution in [3.8, 4) is 5.75 Å². The van der Waals surface area contributed by atoms with Crippen molar-refractivity contribution >= 4 is 136 Å². The maximum Gasteiger partial charge on any atom is 1.00 e. The van der Waals surface area contributed by atoms with Gasteiger partial charge >= 0.3 is 177 Å². The smallest absolute Gasteiger partial charge is 0.744 e. The molecule has 0 aliphatic heterocycles. The molecule has 46 heteroatoms. The second kappa shape index (κ2) is 41.2. The summed E-state index contributed by atoms with van der Waals surface area (Å²) in [4.78, 5) is 25.7. The predicted octanol–water partition coefficient (Wildman–Crippen LogP) is -18.8. The van der Waals surface area contributed by atoms with Crippen LogP contribution in [0.3, 0.4) is 0 Å². The van der Waals surface area contributed by atoms with Crippen molar-refractivity contribution in [3.63, 3.8) is 0 Å². The first-order valence-corrected chi connectivity index (χ1v) is 28.5. The van der Waals surface area contributed by atoms with Crippen molar-refractivity contribution in [2.45, 2.75) is 24.5 Å². The van der Waals surface area contributed by atoms with Gasteiger partial charge in [-0.2, -0.15) is 38.6 Å². The average molecular weight is 1370 g/mol. The van der Waals surface area contributed by atoms with Crippen molar-refractivity contribution in [3.05, 3.63) is 83.9 Å². The molecule has 6 rings (SSSR count). The molecule has 8 N–H and O–H groups in total. The second-order valence-corrected chi connectivity index (χ2v) is 21.3. The van der Waals surface area contributed by atoms with Gasteiger partial charge in [-0.05, 0) is 65.7 Å². The number of rotatable bonds is 31. The summed E-state index contributed by atoms with van der Waals surface area (Å²) in [5.74, 6) is -2.46. The normalized spacial score (nSPS) is 11.5. The van der Waals surface area contributed by atoms with Crippen LogP contribution >= 0.6 is 24.1 Å².